The summed E-state index contributed by atoms with van der Waals surface area (Å²) in [7, 11) is -0.879. The SMILES string of the molecule is CC(Oc1ccc(F)nc1)c1ccc(NC(=O)Cc2ccccc2Cl)cc1S(=O)(=O)/N=C/N(C)C. The van der Waals surface area contributed by atoms with Gasteiger partial charge in [-0.05, 0) is 42.8 Å². The van der Waals surface area contributed by atoms with E-state index in [1.165, 1.54) is 29.3 Å². The summed E-state index contributed by atoms with van der Waals surface area (Å²) in [5.41, 5.74) is 1.20. The molecule has 0 saturated heterocycles. The van der Waals surface area contributed by atoms with Crippen molar-refractivity contribution in [2.24, 2.45) is 4.40 Å². The second-order valence-electron chi connectivity index (χ2n) is 7.81. The molecule has 1 heterocycles. The lowest BCUT2D eigenvalue weighted by Gasteiger charge is -2.19. The van der Waals surface area contributed by atoms with Crippen LogP contribution in [0.5, 0.6) is 5.75 Å². The molecule has 1 N–H and O–H groups in total. The predicted molar refractivity (Wildman–Crippen MR) is 133 cm³/mol. The lowest BCUT2D eigenvalue weighted by atomic mass is 10.1. The minimum absolute atomic E-state index is 0.0133. The molecule has 1 aromatic heterocycles. The van der Waals surface area contributed by atoms with Crippen LogP contribution in [0, 0.1) is 5.95 Å². The third kappa shape index (κ3) is 7.24. The van der Waals surface area contributed by atoms with E-state index in [4.69, 9.17) is 16.3 Å². The molecule has 0 aliphatic rings. The van der Waals surface area contributed by atoms with Gasteiger partial charge in [0.2, 0.25) is 11.9 Å². The fourth-order valence-electron chi connectivity index (χ4n) is 3.10. The van der Waals surface area contributed by atoms with Gasteiger partial charge in [0.15, 0.2) is 0 Å². The smallest absolute Gasteiger partial charge is 0.284 e. The number of amides is 1. The highest BCUT2D eigenvalue weighted by molar-refractivity contribution is 7.90. The lowest BCUT2D eigenvalue weighted by Crippen LogP contribution is -2.16. The van der Waals surface area contributed by atoms with E-state index >= 15 is 0 Å². The summed E-state index contributed by atoms with van der Waals surface area (Å²) in [6.45, 7) is 1.64. The number of benzene rings is 2. The number of aromatic nitrogens is 1. The van der Waals surface area contributed by atoms with Crippen molar-refractivity contribution < 1.29 is 22.3 Å². The summed E-state index contributed by atoms with van der Waals surface area (Å²) >= 11 is 6.13. The van der Waals surface area contributed by atoms with E-state index in [1.54, 1.807) is 51.4 Å². The first-order valence-electron chi connectivity index (χ1n) is 10.5. The first-order valence-corrected chi connectivity index (χ1v) is 12.3. The van der Waals surface area contributed by atoms with E-state index in [9.17, 15) is 17.6 Å². The molecule has 0 bridgehead atoms. The van der Waals surface area contributed by atoms with Crippen molar-refractivity contribution in [1.82, 2.24) is 9.88 Å². The highest BCUT2D eigenvalue weighted by Crippen LogP contribution is 2.30. The molecule has 0 aliphatic heterocycles. The zero-order valence-corrected chi connectivity index (χ0v) is 20.8. The Morgan fingerprint density at radius 2 is 1.97 bits per heavy atom. The van der Waals surface area contributed by atoms with Gasteiger partial charge >= 0.3 is 0 Å². The zero-order valence-electron chi connectivity index (χ0n) is 19.3. The molecule has 2 aromatic carbocycles. The van der Waals surface area contributed by atoms with Crippen molar-refractivity contribution in [3.8, 4) is 5.75 Å². The van der Waals surface area contributed by atoms with Gasteiger partial charge in [0.1, 0.15) is 18.2 Å². The zero-order chi connectivity index (χ0) is 25.6. The lowest BCUT2D eigenvalue weighted by molar-refractivity contribution is -0.115. The first kappa shape index (κ1) is 26.1. The van der Waals surface area contributed by atoms with Crippen LogP contribution in [-0.4, -0.2) is 44.6 Å². The average Bonchev–Trinajstić information content (AvgIpc) is 2.80. The quantitative estimate of drug-likeness (QED) is 0.255. The Balaban J connectivity index is 1.92. The molecule has 11 heteroatoms. The average molecular weight is 519 g/mol. The molecule has 0 aliphatic carbocycles. The Morgan fingerprint density at radius 1 is 1.23 bits per heavy atom. The molecule has 0 spiro atoms. The number of pyridine rings is 1. The molecular weight excluding hydrogens is 495 g/mol. The van der Waals surface area contributed by atoms with Crippen molar-refractivity contribution >= 4 is 39.6 Å². The minimum atomic E-state index is -4.15. The van der Waals surface area contributed by atoms with Crippen molar-refractivity contribution in [3.63, 3.8) is 0 Å². The molecule has 0 radical (unpaired) electrons. The Hall–Kier alpha value is -3.50. The summed E-state index contributed by atoms with van der Waals surface area (Å²) in [6.07, 6.45) is 1.62. The number of nitrogens with one attached hydrogen (secondary N) is 1. The van der Waals surface area contributed by atoms with Crippen LogP contribution >= 0.6 is 11.6 Å². The topological polar surface area (TPSA) is 101 Å². The third-order valence-corrected chi connectivity index (χ3v) is 6.40. The number of carbonyl (C=O) groups is 1. The second-order valence-corrected chi connectivity index (χ2v) is 9.81. The Labute approximate surface area is 208 Å². The molecule has 35 heavy (non-hydrogen) atoms. The van der Waals surface area contributed by atoms with Crippen molar-refractivity contribution in [3.05, 3.63) is 82.9 Å². The number of sulfonamides is 1. The van der Waals surface area contributed by atoms with Gasteiger partial charge < -0.3 is 15.0 Å². The van der Waals surface area contributed by atoms with E-state index in [2.05, 4.69) is 14.7 Å². The molecule has 8 nitrogen and oxygen atoms in total. The fraction of sp³-hybridized carbons (Fsp3) is 0.208. The van der Waals surface area contributed by atoms with Gasteiger partial charge in [-0.15, -0.1) is 4.40 Å². The number of anilines is 1. The van der Waals surface area contributed by atoms with E-state index in [0.29, 0.717) is 16.1 Å². The fourth-order valence-corrected chi connectivity index (χ4v) is 4.54. The Bertz CT molecular complexity index is 1330. The van der Waals surface area contributed by atoms with Crippen molar-refractivity contribution in [2.75, 3.05) is 19.4 Å². The van der Waals surface area contributed by atoms with Crippen LogP contribution in [0.4, 0.5) is 10.1 Å². The van der Waals surface area contributed by atoms with E-state index < -0.39 is 22.1 Å². The van der Waals surface area contributed by atoms with Crippen molar-refractivity contribution in [2.45, 2.75) is 24.3 Å². The maximum atomic E-state index is 13.1. The van der Waals surface area contributed by atoms with Crippen molar-refractivity contribution in [1.29, 1.82) is 0 Å². The second kappa shape index (κ2) is 11.3. The number of nitrogens with zero attached hydrogens (tertiary/aromatic N) is 3. The summed E-state index contributed by atoms with van der Waals surface area (Å²) in [4.78, 5) is 17.5. The molecule has 3 rings (SSSR count). The Kier molecular flexibility index (Phi) is 8.42. The molecule has 3 aromatic rings. The van der Waals surface area contributed by atoms with Gasteiger partial charge in [-0.25, -0.2) is 4.98 Å². The van der Waals surface area contributed by atoms with Gasteiger partial charge in [0, 0.05) is 30.4 Å². The highest BCUT2D eigenvalue weighted by Gasteiger charge is 2.23. The summed E-state index contributed by atoms with van der Waals surface area (Å²) in [5, 5.41) is 3.16. The van der Waals surface area contributed by atoms with Gasteiger partial charge in [-0.1, -0.05) is 35.9 Å². The number of rotatable bonds is 9. The maximum Gasteiger partial charge on any atom is 0.284 e. The molecule has 1 amide bonds. The van der Waals surface area contributed by atoms with E-state index in [1.807, 2.05) is 0 Å². The van der Waals surface area contributed by atoms with Crippen LogP contribution in [0.2, 0.25) is 5.02 Å². The van der Waals surface area contributed by atoms with Crippen LogP contribution in [0.1, 0.15) is 24.2 Å². The highest BCUT2D eigenvalue weighted by atomic mass is 35.5. The Morgan fingerprint density at radius 3 is 2.63 bits per heavy atom. The number of hydrogen-bond donors (Lipinski definition) is 1. The number of carbonyl (C=O) groups excluding carboxylic acids is 1. The standard InChI is InChI=1S/C24H24ClFN4O4S/c1-16(34-19-9-11-23(26)27-14-19)20-10-8-18(13-22(20)35(32,33)28-15-30(2)3)29-24(31)12-17-6-4-5-7-21(17)25/h4-11,13-16H,12H2,1-3H3,(H,29,31)/b28-15+. The maximum absolute atomic E-state index is 13.1. The van der Waals surface area contributed by atoms with E-state index in [-0.39, 0.29) is 28.7 Å². The molecule has 1 atom stereocenters. The van der Waals surface area contributed by atoms with E-state index in [0.717, 1.165) is 12.4 Å². The molecule has 184 valence electrons. The van der Waals surface area contributed by atoms with Gasteiger partial charge in [-0.3, -0.25) is 4.79 Å². The van der Waals surface area contributed by atoms with Crippen LogP contribution in [0.15, 0.2) is 70.1 Å². The summed E-state index contributed by atoms with van der Waals surface area (Å²) in [5.74, 6) is -0.771. The minimum Gasteiger partial charge on any atom is -0.484 e. The van der Waals surface area contributed by atoms with Crippen LogP contribution in [0.3, 0.4) is 0 Å². The van der Waals surface area contributed by atoms with Crippen LogP contribution in [-0.2, 0) is 21.2 Å². The monoisotopic (exact) mass is 518 g/mol. The summed E-state index contributed by atoms with van der Waals surface area (Å²) in [6, 6.07) is 13.9. The van der Waals surface area contributed by atoms with Crippen LogP contribution in [0.25, 0.3) is 0 Å². The molecule has 1 unspecified atom stereocenters. The molecular formula is C24H24ClFN4O4S. The predicted octanol–water partition coefficient (Wildman–Crippen LogP) is 4.47. The van der Waals surface area contributed by atoms with Crippen LogP contribution < -0.4 is 10.1 Å². The van der Waals surface area contributed by atoms with Gasteiger partial charge in [0.25, 0.3) is 10.0 Å². The molecule has 0 saturated carbocycles. The third-order valence-electron chi connectivity index (χ3n) is 4.75. The number of hydrogen-bond acceptors (Lipinski definition) is 5. The van der Waals surface area contributed by atoms with Gasteiger partial charge in [0.05, 0.1) is 17.5 Å². The first-order chi connectivity index (χ1) is 16.5. The molecule has 0 fully saturated rings. The normalized spacial score (nSPS) is 12.4. The van der Waals surface area contributed by atoms with Gasteiger partial charge in [-0.2, -0.15) is 12.8 Å². The number of ether oxygens (including phenoxy) is 1. The largest absolute Gasteiger partial charge is 0.484 e. The summed E-state index contributed by atoms with van der Waals surface area (Å²) < 4.78 is 48.7. The number of halogens is 2.